The molecule has 0 amide bonds. The van der Waals surface area contributed by atoms with Crippen molar-refractivity contribution in [2.24, 2.45) is 0 Å². The summed E-state index contributed by atoms with van der Waals surface area (Å²) in [6.45, 7) is 5.83. The summed E-state index contributed by atoms with van der Waals surface area (Å²) in [6, 6.07) is 9.54. The summed E-state index contributed by atoms with van der Waals surface area (Å²) in [7, 11) is 0. The maximum Gasteiger partial charge on any atom is 0.153 e. The summed E-state index contributed by atoms with van der Waals surface area (Å²) < 4.78 is 5.67. The van der Waals surface area contributed by atoms with Crippen molar-refractivity contribution < 1.29 is 9.53 Å². The molecule has 19 heavy (non-hydrogen) atoms. The summed E-state index contributed by atoms with van der Waals surface area (Å²) in [5.74, 6) is 0.614. The van der Waals surface area contributed by atoms with Crippen molar-refractivity contribution in [3.8, 4) is 16.9 Å². The van der Waals surface area contributed by atoms with E-state index in [4.69, 9.17) is 4.74 Å². The zero-order chi connectivity index (χ0) is 13.8. The van der Waals surface area contributed by atoms with Gasteiger partial charge in [-0.3, -0.25) is 9.78 Å². The van der Waals surface area contributed by atoms with E-state index in [1.54, 1.807) is 6.07 Å². The summed E-state index contributed by atoms with van der Waals surface area (Å²) in [5.41, 5.74) is 3.55. The third kappa shape index (κ3) is 3.19. The van der Waals surface area contributed by atoms with Crippen molar-refractivity contribution in [2.45, 2.75) is 26.9 Å². The Kier molecular flexibility index (Phi) is 3.95. The lowest BCUT2D eigenvalue weighted by Crippen LogP contribution is -2.07. The van der Waals surface area contributed by atoms with Crippen LogP contribution < -0.4 is 4.74 Å². The number of aryl methyl sites for hydroxylation is 1. The number of aromatic nitrogens is 1. The Balaban J connectivity index is 2.42. The van der Waals surface area contributed by atoms with Crippen LogP contribution in [-0.2, 0) is 0 Å². The highest BCUT2D eigenvalue weighted by atomic mass is 16.5. The molecule has 1 aromatic carbocycles. The van der Waals surface area contributed by atoms with E-state index in [2.05, 4.69) is 4.98 Å². The first kappa shape index (κ1) is 13.3. The Hall–Kier alpha value is -2.16. The monoisotopic (exact) mass is 255 g/mol. The number of carbonyl (C=O) groups excluding carboxylic acids is 1. The van der Waals surface area contributed by atoms with Gasteiger partial charge in [-0.2, -0.15) is 0 Å². The van der Waals surface area contributed by atoms with Gasteiger partial charge >= 0.3 is 0 Å². The molecule has 0 saturated heterocycles. The minimum atomic E-state index is 0.0325. The highest BCUT2D eigenvalue weighted by Crippen LogP contribution is 2.27. The van der Waals surface area contributed by atoms with E-state index in [0.717, 1.165) is 23.1 Å². The van der Waals surface area contributed by atoms with Gasteiger partial charge in [0.05, 0.1) is 11.7 Å². The number of carbonyl (C=O) groups is 1. The van der Waals surface area contributed by atoms with Crippen LogP contribution >= 0.6 is 0 Å². The zero-order valence-corrected chi connectivity index (χ0v) is 11.4. The van der Waals surface area contributed by atoms with Gasteiger partial charge in [0.1, 0.15) is 5.75 Å². The Bertz CT molecular complexity index is 574. The first-order valence-electron chi connectivity index (χ1n) is 6.29. The highest BCUT2D eigenvalue weighted by Gasteiger charge is 2.08. The van der Waals surface area contributed by atoms with Crippen molar-refractivity contribution in [2.75, 3.05) is 0 Å². The Morgan fingerprint density at radius 2 is 1.89 bits per heavy atom. The van der Waals surface area contributed by atoms with Crippen LogP contribution in [0, 0.1) is 6.92 Å². The van der Waals surface area contributed by atoms with Crippen LogP contribution in [0.5, 0.6) is 5.75 Å². The topological polar surface area (TPSA) is 39.2 Å². The molecular formula is C16H17NO2. The molecule has 0 aliphatic carbocycles. The van der Waals surface area contributed by atoms with E-state index >= 15 is 0 Å². The average molecular weight is 255 g/mol. The maximum atomic E-state index is 11.0. The van der Waals surface area contributed by atoms with E-state index in [0.29, 0.717) is 11.3 Å². The van der Waals surface area contributed by atoms with E-state index in [-0.39, 0.29) is 6.10 Å². The van der Waals surface area contributed by atoms with Gasteiger partial charge in [-0.1, -0.05) is 12.1 Å². The van der Waals surface area contributed by atoms with E-state index in [9.17, 15) is 4.79 Å². The van der Waals surface area contributed by atoms with E-state index in [1.807, 2.05) is 51.2 Å². The molecule has 0 unspecified atom stereocenters. The number of nitrogens with zero attached hydrogens (tertiary/aromatic N) is 1. The lowest BCUT2D eigenvalue weighted by atomic mass is 10.0. The second kappa shape index (κ2) is 5.65. The molecule has 0 spiro atoms. The molecule has 0 fully saturated rings. The summed E-state index contributed by atoms with van der Waals surface area (Å²) in [4.78, 5) is 15.3. The third-order valence-electron chi connectivity index (χ3n) is 2.75. The maximum absolute atomic E-state index is 11.0. The summed E-state index contributed by atoms with van der Waals surface area (Å²) in [6.07, 6.45) is 2.67. The van der Waals surface area contributed by atoms with Gasteiger partial charge in [0.25, 0.3) is 0 Å². The normalized spacial score (nSPS) is 10.5. The van der Waals surface area contributed by atoms with E-state index < -0.39 is 0 Å². The van der Waals surface area contributed by atoms with Crippen LogP contribution in [0.15, 0.2) is 36.5 Å². The Morgan fingerprint density at radius 3 is 2.47 bits per heavy atom. The molecule has 1 aromatic heterocycles. The molecule has 98 valence electrons. The van der Waals surface area contributed by atoms with Crippen LogP contribution in [0.2, 0.25) is 0 Å². The lowest BCUT2D eigenvalue weighted by Gasteiger charge is -2.13. The molecule has 2 aromatic rings. The summed E-state index contributed by atoms with van der Waals surface area (Å²) >= 11 is 0. The summed E-state index contributed by atoms with van der Waals surface area (Å²) in [5, 5.41) is 0. The van der Waals surface area contributed by atoms with Gasteiger partial charge in [-0.05, 0) is 44.5 Å². The van der Waals surface area contributed by atoms with Crippen molar-refractivity contribution in [3.05, 3.63) is 47.8 Å². The third-order valence-corrected chi connectivity index (χ3v) is 2.75. The molecule has 3 nitrogen and oxygen atoms in total. The largest absolute Gasteiger partial charge is 0.490 e. The van der Waals surface area contributed by atoms with Crippen molar-refractivity contribution in [1.82, 2.24) is 4.98 Å². The fourth-order valence-corrected chi connectivity index (χ4v) is 1.81. The number of hydrogen-bond acceptors (Lipinski definition) is 3. The molecule has 0 bridgehead atoms. The van der Waals surface area contributed by atoms with Crippen LogP contribution in [0.3, 0.4) is 0 Å². The van der Waals surface area contributed by atoms with Gasteiger partial charge in [0, 0.05) is 17.5 Å². The minimum Gasteiger partial charge on any atom is -0.490 e. The molecule has 0 radical (unpaired) electrons. The molecule has 2 rings (SSSR count). The smallest absolute Gasteiger partial charge is 0.153 e. The quantitative estimate of drug-likeness (QED) is 0.783. The fraction of sp³-hybridized carbons (Fsp3) is 0.250. The number of rotatable bonds is 4. The standard InChI is InChI=1S/C16H17NO2/c1-11(2)19-16-8-13(6-7-15(16)10-18)14-5-4-12(3)17-9-14/h4-11H,1-3H3. The minimum absolute atomic E-state index is 0.0325. The first-order chi connectivity index (χ1) is 9.10. The van der Waals surface area contributed by atoms with Gasteiger partial charge < -0.3 is 4.74 Å². The number of pyridine rings is 1. The molecule has 0 atom stereocenters. The van der Waals surface area contributed by atoms with Gasteiger partial charge in [-0.15, -0.1) is 0 Å². The van der Waals surface area contributed by atoms with Crippen LogP contribution in [0.1, 0.15) is 29.9 Å². The SMILES string of the molecule is Cc1ccc(-c2ccc(C=O)c(OC(C)C)c2)cn1. The molecule has 1 heterocycles. The van der Waals surface area contributed by atoms with E-state index in [1.165, 1.54) is 0 Å². The fourth-order valence-electron chi connectivity index (χ4n) is 1.81. The van der Waals surface area contributed by atoms with Crippen LogP contribution in [0.4, 0.5) is 0 Å². The second-order valence-corrected chi connectivity index (χ2v) is 4.73. The van der Waals surface area contributed by atoms with Crippen molar-refractivity contribution in [1.29, 1.82) is 0 Å². The number of benzene rings is 1. The zero-order valence-electron chi connectivity index (χ0n) is 11.4. The Labute approximate surface area is 113 Å². The van der Waals surface area contributed by atoms with Crippen LogP contribution in [0.25, 0.3) is 11.1 Å². The number of aldehydes is 1. The molecular weight excluding hydrogens is 238 g/mol. The highest BCUT2D eigenvalue weighted by molar-refractivity contribution is 5.81. The van der Waals surface area contributed by atoms with Crippen molar-refractivity contribution in [3.63, 3.8) is 0 Å². The van der Waals surface area contributed by atoms with Crippen LogP contribution in [-0.4, -0.2) is 17.4 Å². The predicted molar refractivity (Wildman–Crippen MR) is 75.6 cm³/mol. The molecule has 3 heteroatoms. The lowest BCUT2D eigenvalue weighted by molar-refractivity contribution is 0.111. The van der Waals surface area contributed by atoms with Crippen molar-refractivity contribution >= 4 is 6.29 Å². The van der Waals surface area contributed by atoms with Gasteiger partial charge in [-0.25, -0.2) is 0 Å². The van der Waals surface area contributed by atoms with Gasteiger partial charge in [0.15, 0.2) is 6.29 Å². The Morgan fingerprint density at radius 1 is 1.16 bits per heavy atom. The second-order valence-electron chi connectivity index (χ2n) is 4.73. The molecule has 0 aliphatic rings. The van der Waals surface area contributed by atoms with Gasteiger partial charge in [0.2, 0.25) is 0 Å². The molecule has 0 aliphatic heterocycles. The number of ether oxygens (including phenoxy) is 1. The average Bonchev–Trinajstić information content (AvgIpc) is 2.39. The number of hydrogen-bond donors (Lipinski definition) is 0. The first-order valence-corrected chi connectivity index (χ1v) is 6.29. The molecule has 0 N–H and O–H groups in total. The predicted octanol–water partition coefficient (Wildman–Crippen LogP) is 3.66. The molecule has 0 saturated carbocycles.